The molecule has 0 aliphatic carbocycles. The fourth-order valence-electron chi connectivity index (χ4n) is 5.27. The maximum Gasteiger partial charge on any atom is 0.301 e. The third-order valence-corrected chi connectivity index (χ3v) is 9.60. The molecule has 45 heavy (non-hydrogen) atoms. The van der Waals surface area contributed by atoms with E-state index in [4.69, 9.17) is 4.74 Å². The van der Waals surface area contributed by atoms with E-state index < -0.39 is 17.7 Å². The van der Waals surface area contributed by atoms with Crippen LogP contribution in [-0.2, 0) is 15.3 Å². The summed E-state index contributed by atoms with van der Waals surface area (Å²) >= 11 is 2.40. The van der Waals surface area contributed by atoms with Crippen LogP contribution in [0, 0.1) is 12.7 Å². The number of thioether (sulfide) groups is 1. The van der Waals surface area contributed by atoms with Crippen molar-refractivity contribution >= 4 is 51.3 Å². The molecule has 4 heterocycles. The lowest BCUT2D eigenvalue weighted by atomic mass is 9.96. The number of rotatable bonds is 11. The second-order valence-corrected chi connectivity index (χ2v) is 12.7. The first-order valence-electron chi connectivity index (χ1n) is 14.5. The third kappa shape index (κ3) is 6.07. The molecule has 1 saturated heterocycles. The number of hydrogen-bond donors (Lipinski definition) is 1. The molecule has 1 aliphatic heterocycles. The van der Waals surface area contributed by atoms with E-state index in [1.807, 2.05) is 6.07 Å². The second-order valence-electron chi connectivity index (χ2n) is 10.5. The fourth-order valence-corrected chi connectivity index (χ4v) is 7.13. The number of aromatic nitrogens is 4. The van der Waals surface area contributed by atoms with E-state index in [1.165, 1.54) is 22.7 Å². The number of halogens is 1. The van der Waals surface area contributed by atoms with Gasteiger partial charge in [-0.15, -0.1) is 10.2 Å². The average molecular weight is 644 g/mol. The van der Waals surface area contributed by atoms with Crippen molar-refractivity contribution in [2.24, 2.45) is 0 Å². The van der Waals surface area contributed by atoms with E-state index in [0.717, 1.165) is 30.6 Å². The Kier molecular flexibility index (Phi) is 8.95. The van der Waals surface area contributed by atoms with Crippen molar-refractivity contribution in [3.05, 3.63) is 107 Å². The number of Topliss-reactive ketones (excluding diaryl/α,β-unsaturated/α-hetero) is 1. The van der Waals surface area contributed by atoms with Crippen molar-refractivity contribution in [3.63, 3.8) is 0 Å². The molecule has 0 radical (unpaired) electrons. The molecule has 230 valence electrons. The molecule has 0 saturated carbocycles. The van der Waals surface area contributed by atoms with Crippen LogP contribution in [0.3, 0.4) is 0 Å². The van der Waals surface area contributed by atoms with Gasteiger partial charge in [0.2, 0.25) is 5.13 Å². The number of nitrogens with zero attached hydrogens (tertiary/aromatic N) is 5. The van der Waals surface area contributed by atoms with E-state index in [1.54, 1.807) is 72.1 Å². The first-order chi connectivity index (χ1) is 21.9. The van der Waals surface area contributed by atoms with E-state index in [0.29, 0.717) is 50.6 Å². The summed E-state index contributed by atoms with van der Waals surface area (Å²) in [4.78, 5) is 33.2. The molecule has 0 spiro atoms. The van der Waals surface area contributed by atoms with Crippen molar-refractivity contribution in [2.75, 3.05) is 11.5 Å². The third-order valence-electron chi connectivity index (χ3n) is 7.50. The molecule has 1 N–H and O–H groups in total. The number of anilines is 1. The van der Waals surface area contributed by atoms with Gasteiger partial charge < -0.3 is 9.84 Å². The number of imidazole rings is 1. The van der Waals surface area contributed by atoms with Crippen LogP contribution in [0.4, 0.5) is 9.52 Å². The summed E-state index contributed by atoms with van der Waals surface area (Å²) in [5, 5.41) is 20.4. The highest BCUT2D eigenvalue weighted by Crippen LogP contribution is 2.44. The number of unbranched alkanes of at least 4 members (excludes halogenated alkanes) is 2. The maximum atomic E-state index is 14.2. The Morgan fingerprint density at radius 1 is 1.04 bits per heavy atom. The smallest absolute Gasteiger partial charge is 0.301 e. The van der Waals surface area contributed by atoms with E-state index >= 15 is 0 Å². The summed E-state index contributed by atoms with van der Waals surface area (Å²) in [5.74, 6) is -1.37. The number of pyridine rings is 1. The zero-order chi connectivity index (χ0) is 31.5. The van der Waals surface area contributed by atoms with E-state index in [-0.39, 0.29) is 22.3 Å². The minimum absolute atomic E-state index is 0.0823. The van der Waals surface area contributed by atoms with E-state index in [9.17, 15) is 19.1 Å². The lowest BCUT2D eigenvalue weighted by molar-refractivity contribution is -0.132. The Balaban J connectivity index is 1.39. The molecular formula is C33H30FN5O4S2. The van der Waals surface area contributed by atoms with Gasteiger partial charge in [0, 0.05) is 11.9 Å². The Morgan fingerprint density at radius 3 is 2.60 bits per heavy atom. The number of amides is 1. The number of ketones is 1. The summed E-state index contributed by atoms with van der Waals surface area (Å²) in [5.41, 5.74) is 2.43. The molecule has 1 amide bonds. The number of aliphatic hydroxyl groups is 1. The minimum Gasteiger partial charge on any atom is -0.505 e. The standard InChI is InChI=1S/C33H30FN5O4S2/c1-3-4-9-18-43-23-15-13-21(14-16-23)28-26(29(40)27-20(2)35-25-12-7-8-17-38(25)27)30(41)31(42)39(28)32-36-37-33(45-32)44-19-22-10-5-6-11-24(22)34/h5-8,10-17,28,40H,3-4,9,18-19H2,1-2H3. The minimum atomic E-state index is -0.995. The molecule has 1 aliphatic rings. The zero-order valence-corrected chi connectivity index (χ0v) is 26.3. The van der Waals surface area contributed by atoms with Gasteiger partial charge in [-0.1, -0.05) is 79.3 Å². The fraction of sp³-hybridized carbons (Fsp3) is 0.242. The summed E-state index contributed by atoms with van der Waals surface area (Å²) < 4.78 is 22.3. The largest absolute Gasteiger partial charge is 0.505 e. The van der Waals surface area contributed by atoms with Gasteiger partial charge in [0.05, 0.1) is 23.9 Å². The molecule has 1 fully saturated rings. The molecule has 1 atom stereocenters. The van der Waals surface area contributed by atoms with Crippen molar-refractivity contribution < 1.29 is 23.8 Å². The van der Waals surface area contributed by atoms with Gasteiger partial charge in [-0.3, -0.25) is 18.9 Å². The van der Waals surface area contributed by atoms with Gasteiger partial charge in [0.15, 0.2) is 10.1 Å². The SMILES string of the molecule is CCCCCOc1ccc(C2C(=C(O)c3c(C)nc4ccccn34)C(=O)C(=O)N2c2nnc(SCc3ccccc3F)s2)cc1. The predicted molar refractivity (Wildman–Crippen MR) is 172 cm³/mol. The number of benzene rings is 2. The molecule has 5 aromatic rings. The highest BCUT2D eigenvalue weighted by Gasteiger charge is 2.49. The highest BCUT2D eigenvalue weighted by atomic mass is 32.2. The molecule has 3 aromatic heterocycles. The number of ether oxygens (including phenoxy) is 1. The van der Waals surface area contributed by atoms with Crippen LogP contribution in [0.2, 0.25) is 0 Å². The number of carbonyl (C=O) groups excluding carboxylic acids is 2. The molecule has 9 nitrogen and oxygen atoms in total. The van der Waals surface area contributed by atoms with E-state index in [2.05, 4.69) is 22.1 Å². The first-order valence-corrected chi connectivity index (χ1v) is 16.3. The predicted octanol–water partition coefficient (Wildman–Crippen LogP) is 7.12. The number of aliphatic hydroxyl groups excluding tert-OH is 1. The van der Waals surface area contributed by atoms with Crippen molar-refractivity contribution in [2.45, 2.75) is 49.2 Å². The van der Waals surface area contributed by atoms with Gasteiger partial charge in [-0.05, 0) is 54.8 Å². The van der Waals surface area contributed by atoms with Crippen LogP contribution >= 0.6 is 23.1 Å². The summed E-state index contributed by atoms with van der Waals surface area (Å²) in [7, 11) is 0. The zero-order valence-electron chi connectivity index (χ0n) is 24.6. The lowest BCUT2D eigenvalue weighted by Crippen LogP contribution is -2.29. The van der Waals surface area contributed by atoms with Crippen LogP contribution in [0.1, 0.15) is 54.7 Å². The Morgan fingerprint density at radius 2 is 1.82 bits per heavy atom. The number of aryl methyl sites for hydroxylation is 1. The molecule has 2 aromatic carbocycles. The lowest BCUT2D eigenvalue weighted by Gasteiger charge is -2.22. The van der Waals surface area contributed by atoms with Gasteiger partial charge in [0.25, 0.3) is 5.78 Å². The van der Waals surface area contributed by atoms with Crippen LogP contribution in [-0.4, -0.2) is 43.0 Å². The van der Waals surface area contributed by atoms with Crippen LogP contribution in [0.5, 0.6) is 5.75 Å². The monoisotopic (exact) mass is 643 g/mol. The molecule has 12 heteroatoms. The Hall–Kier alpha value is -4.55. The topological polar surface area (TPSA) is 110 Å². The Bertz CT molecular complexity index is 1900. The average Bonchev–Trinajstić information content (AvgIpc) is 3.72. The van der Waals surface area contributed by atoms with Crippen LogP contribution in [0.15, 0.2) is 82.8 Å². The van der Waals surface area contributed by atoms with Crippen LogP contribution in [0.25, 0.3) is 11.4 Å². The van der Waals surface area contributed by atoms with Gasteiger partial charge in [0.1, 0.15) is 22.9 Å². The van der Waals surface area contributed by atoms with Gasteiger partial charge in [-0.2, -0.15) is 0 Å². The maximum absolute atomic E-state index is 14.2. The molecule has 0 bridgehead atoms. The van der Waals surface area contributed by atoms with Gasteiger partial charge >= 0.3 is 5.91 Å². The Labute approximate surface area is 267 Å². The second kappa shape index (κ2) is 13.2. The summed E-state index contributed by atoms with van der Waals surface area (Å²) in [6.07, 6.45) is 4.83. The van der Waals surface area contributed by atoms with Crippen molar-refractivity contribution in [1.29, 1.82) is 0 Å². The summed E-state index contributed by atoms with van der Waals surface area (Å²) in [6.45, 7) is 4.45. The molecule has 1 unspecified atom stereocenters. The van der Waals surface area contributed by atoms with Crippen molar-refractivity contribution in [3.8, 4) is 5.75 Å². The van der Waals surface area contributed by atoms with Gasteiger partial charge in [-0.25, -0.2) is 9.37 Å². The number of fused-ring (bicyclic) bond motifs is 1. The first kappa shape index (κ1) is 30.5. The van der Waals surface area contributed by atoms with Crippen LogP contribution < -0.4 is 9.64 Å². The van der Waals surface area contributed by atoms with Crippen molar-refractivity contribution in [1.82, 2.24) is 19.6 Å². The number of hydrogen-bond acceptors (Lipinski definition) is 9. The quantitative estimate of drug-likeness (QED) is 0.0405. The molecule has 6 rings (SSSR count). The number of carbonyl (C=O) groups is 2. The normalized spacial score (nSPS) is 16.2. The summed E-state index contributed by atoms with van der Waals surface area (Å²) in [6, 6.07) is 18.0. The molecular weight excluding hydrogens is 614 g/mol. The highest BCUT2D eigenvalue weighted by molar-refractivity contribution is 8.00.